The van der Waals surface area contributed by atoms with Crippen molar-refractivity contribution in [3.63, 3.8) is 0 Å². The molecule has 0 aromatic rings. The van der Waals surface area contributed by atoms with Crippen LogP contribution in [0.2, 0.25) is 0 Å². The van der Waals surface area contributed by atoms with Crippen molar-refractivity contribution >= 4 is 11.8 Å². The molecule has 5 heteroatoms. The van der Waals surface area contributed by atoms with Crippen molar-refractivity contribution in [2.45, 2.75) is 132 Å². The number of ketones is 1. The summed E-state index contributed by atoms with van der Waals surface area (Å²) in [4.78, 5) is 24.6. The maximum atomic E-state index is 13.2. The lowest BCUT2D eigenvalue weighted by molar-refractivity contribution is -0.152. The summed E-state index contributed by atoms with van der Waals surface area (Å²) >= 11 is 0. The van der Waals surface area contributed by atoms with Crippen LogP contribution in [0.1, 0.15) is 115 Å². The lowest BCUT2D eigenvalue weighted by atomic mass is 9.61. The van der Waals surface area contributed by atoms with Crippen LogP contribution in [-0.2, 0) is 14.3 Å². The first-order valence-electron chi connectivity index (χ1n) is 17.4. The zero-order valence-electron chi connectivity index (χ0n) is 31.4. The van der Waals surface area contributed by atoms with E-state index in [1.165, 1.54) is 6.92 Å². The summed E-state index contributed by atoms with van der Waals surface area (Å²) in [5, 5.41) is 21.5. The first kappa shape index (κ1) is 39.2. The molecule has 3 rings (SSSR count). The Labute approximate surface area is 290 Å². The van der Waals surface area contributed by atoms with E-state index in [4.69, 9.17) is 4.74 Å². The number of carbonyl (C=O) groups is 2. The Bertz CT molecular complexity index is 1510. The van der Waals surface area contributed by atoms with Crippen molar-refractivity contribution < 1.29 is 24.5 Å². The van der Waals surface area contributed by atoms with Crippen LogP contribution in [0.25, 0.3) is 0 Å². The van der Waals surface area contributed by atoms with Gasteiger partial charge in [-0.1, -0.05) is 107 Å². The highest BCUT2D eigenvalue weighted by molar-refractivity contribution is 5.96. The van der Waals surface area contributed by atoms with Crippen LogP contribution in [0.15, 0.2) is 100 Å². The van der Waals surface area contributed by atoms with E-state index >= 15 is 0 Å². The Morgan fingerprint density at radius 1 is 0.792 bits per heavy atom. The number of fused-ring (bicyclic) bond motifs is 1. The highest BCUT2D eigenvalue weighted by atomic mass is 16.5. The standard InChI is InChI=1S/C43H60O5/c1-30(18-14-19-32(3)22-23-38-39(6,7)26-36(48-34(5)44)27-42(38,11)47)16-12-13-17-31(2)20-15-21-33(4)37(46)28-43-29-41(43,10)25-35(45)24-40(43,8)9/h12-22,35-36,45,47H,24-29H2,1-11H3/b13-12+,18-14+,20-15+,30-16+,31-17+,32-19+,33-21+/t23?,35-,36-,41-,42+,43-/m0/s1. The Morgan fingerprint density at radius 2 is 1.35 bits per heavy atom. The second-order valence-corrected chi connectivity index (χ2v) is 16.5. The van der Waals surface area contributed by atoms with Crippen molar-refractivity contribution in [3.8, 4) is 0 Å². The fraction of sp³-hybridized carbons (Fsp3) is 0.558. The van der Waals surface area contributed by atoms with E-state index in [1.54, 1.807) is 6.92 Å². The van der Waals surface area contributed by atoms with E-state index in [0.29, 0.717) is 19.3 Å². The van der Waals surface area contributed by atoms with E-state index in [9.17, 15) is 19.8 Å². The number of hydrogen-bond donors (Lipinski definition) is 2. The molecule has 5 atom stereocenters. The third-order valence-corrected chi connectivity index (χ3v) is 11.0. The van der Waals surface area contributed by atoms with Crippen LogP contribution in [0.3, 0.4) is 0 Å². The first-order chi connectivity index (χ1) is 22.1. The molecule has 0 bridgehead atoms. The van der Waals surface area contributed by atoms with Crippen LogP contribution < -0.4 is 0 Å². The Kier molecular flexibility index (Phi) is 12.3. The van der Waals surface area contributed by atoms with Gasteiger partial charge < -0.3 is 14.9 Å². The van der Waals surface area contributed by atoms with E-state index in [0.717, 1.165) is 47.1 Å². The zero-order valence-corrected chi connectivity index (χ0v) is 31.4. The molecule has 3 fully saturated rings. The molecular weight excluding hydrogens is 596 g/mol. The largest absolute Gasteiger partial charge is 0.462 e. The molecule has 48 heavy (non-hydrogen) atoms. The number of aliphatic hydroxyl groups excluding tert-OH is 1. The molecule has 0 amide bonds. The molecule has 262 valence electrons. The number of hydrogen-bond acceptors (Lipinski definition) is 5. The minimum Gasteiger partial charge on any atom is -0.462 e. The lowest BCUT2D eigenvalue weighted by Crippen LogP contribution is -2.46. The van der Waals surface area contributed by atoms with Gasteiger partial charge in [0.15, 0.2) is 5.78 Å². The molecule has 0 heterocycles. The maximum Gasteiger partial charge on any atom is 0.302 e. The van der Waals surface area contributed by atoms with E-state index in [-0.39, 0.29) is 45.6 Å². The van der Waals surface area contributed by atoms with Gasteiger partial charge in [-0.2, -0.15) is 0 Å². The molecule has 3 saturated carbocycles. The third kappa shape index (κ3) is 9.68. The summed E-state index contributed by atoms with van der Waals surface area (Å²) in [5.74, 6) is -0.117. The smallest absolute Gasteiger partial charge is 0.302 e. The van der Waals surface area contributed by atoms with Crippen molar-refractivity contribution in [1.82, 2.24) is 0 Å². The minimum absolute atomic E-state index is 0.00435. The van der Waals surface area contributed by atoms with Crippen LogP contribution in [0.5, 0.6) is 0 Å². The molecule has 0 spiro atoms. The molecule has 5 nitrogen and oxygen atoms in total. The van der Waals surface area contributed by atoms with Crippen LogP contribution >= 0.6 is 0 Å². The molecule has 2 N–H and O–H groups in total. The predicted octanol–water partition coefficient (Wildman–Crippen LogP) is 9.56. The third-order valence-electron chi connectivity index (χ3n) is 11.0. The number of carbonyl (C=O) groups excluding carboxylic acids is 2. The summed E-state index contributed by atoms with van der Waals surface area (Å²) in [6.07, 6.45) is 25.5. The molecule has 0 saturated heterocycles. The highest BCUT2D eigenvalue weighted by Crippen LogP contribution is 2.79. The van der Waals surface area contributed by atoms with Crippen LogP contribution in [0.4, 0.5) is 0 Å². The number of aliphatic hydroxyl groups is 2. The second-order valence-electron chi connectivity index (χ2n) is 16.5. The van der Waals surface area contributed by atoms with Gasteiger partial charge >= 0.3 is 5.97 Å². The van der Waals surface area contributed by atoms with Crippen molar-refractivity contribution in [3.05, 3.63) is 100 Å². The Morgan fingerprint density at radius 3 is 1.90 bits per heavy atom. The van der Waals surface area contributed by atoms with Crippen LogP contribution in [0, 0.1) is 21.7 Å². The molecule has 0 aliphatic heterocycles. The molecule has 3 aliphatic rings. The van der Waals surface area contributed by atoms with Gasteiger partial charge in [0.05, 0.1) is 11.7 Å². The normalized spacial score (nSPS) is 32.4. The number of allylic oxidation sites excluding steroid dienone is 14. The summed E-state index contributed by atoms with van der Waals surface area (Å²) in [7, 11) is 0. The SMILES string of the molecule is CC(=O)O[C@H]1CC(C)(C)C(=C=C/C(C)=C/C=C/C(C)=C/C=C/C=C(C)/C=C/C=C(\C)C(=O)C[C@@]23C[C@]2(C)C[C@@H](O)CC3(C)C)[C@](C)(O)C1. The van der Waals surface area contributed by atoms with Gasteiger partial charge in [-0.15, -0.1) is 5.73 Å². The monoisotopic (exact) mass is 656 g/mol. The molecular formula is C43H60O5. The van der Waals surface area contributed by atoms with Gasteiger partial charge in [-0.3, -0.25) is 9.59 Å². The molecule has 3 aliphatic carbocycles. The fourth-order valence-corrected chi connectivity index (χ4v) is 8.49. The Hall–Kier alpha value is -3.24. The minimum atomic E-state index is -1.10. The van der Waals surface area contributed by atoms with Gasteiger partial charge in [0, 0.05) is 25.3 Å². The van der Waals surface area contributed by atoms with Gasteiger partial charge in [-0.05, 0) is 99.2 Å². The molecule has 0 aromatic heterocycles. The molecule has 0 radical (unpaired) electrons. The average molecular weight is 657 g/mol. The van der Waals surface area contributed by atoms with E-state index < -0.39 is 5.60 Å². The number of ether oxygens (including phenoxy) is 1. The number of rotatable bonds is 11. The van der Waals surface area contributed by atoms with Gasteiger partial charge in [0.2, 0.25) is 0 Å². The summed E-state index contributed by atoms with van der Waals surface area (Å²) in [6, 6.07) is 0. The summed E-state index contributed by atoms with van der Waals surface area (Å²) < 4.78 is 5.42. The van der Waals surface area contributed by atoms with Crippen molar-refractivity contribution in [2.75, 3.05) is 0 Å². The quantitative estimate of drug-likeness (QED) is 0.100. The first-order valence-corrected chi connectivity index (χ1v) is 17.4. The van der Waals surface area contributed by atoms with E-state index in [1.807, 2.05) is 94.5 Å². The highest BCUT2D eigenvalue weighted by Gasteiger charge is 2.73. The van der Waals surface area contributed by atoms with Crippen molar-refractivity contribution in [1.29, 1.82) is 0 Å². The molecule has 0 unspecified atom stereocenters. The fourth-order valence-electron chi connectivity index (χ4n) is 8.49. The van der Waals surface area contributed by atoms with E-state index in [2.05, 4.69) is 40.3 Å². The lowest BCUT2D eigenvalue weighted by Gasteiger charge is -2.44. The predicted molar refractivity (Wildman–Crippen MR) is 197 cm³/mol. The number of esters is 1. The summed E-state index contributed by atoms with van der Waals surface area (Å²) in [6.45, 7) is 21.9. The summed E-state index contributed by atoms with van der Waals surface area (Å²) in [5.41, 5.74) is 6.71. The second kappa shape index (κ2) is 15.1. The maximum absolute atomic E-state index is 13.2. The van der Waals surface area contributed by atoms with Crippen molar-refractivity contribution in [2.24, 2.45) is 21.7 Å². The van der Waals surface area contributed by atoms with Gasteiger partial charge in [0.1, 0.15) is 6.10 Å². The Balaban J connectivity index is 1.54. The molecule has 0 aromatic carbocycles. The number of Topliss-reactive ketones (excluding diaryl/α,β-unsaturated/α-hetero) is 1. The average Bonchev–Trinajstić information content (AvgIpc) is 3.53. The van der Waals surface area contributed by atoms with Crippen LogP contribution in [-0.4, -0.2) is 39.8 Å². The topological polar surface area (TPSA) is 83.8 Å². The zero-order chi connectivity index (χ0) is 36.1. The van der Waals surface area contributed by atoms with Gasteiger partial charge in [0.25, 0.3) is 0 Å². The van der Waals surface area contributed by atoms with Gasteiger partial charge in [-0.25, -0.2) is 0 Å².